The summed E-state index contributed by atoms with van der Waals surface area (Å²) in [5.41, 5.74) is 6.02. The van der Waals surface area contributed by atoms with Crippen LogP contribution in [0.1, 0.15) is 60.5 Å². The summed E-state index contributed by atoms with van der Waals surface area (Å²) < 4.78 is 43.9. The molecular weight excluding hydrogens is 574 g/mol. The van der Waals surface area contributed by atoms with E-state index in [9.17, 15) is 0 Å². The maximum Gasteiger partial charge on any atom is 0.299 e. The van der Waals surface area contributed by atoms with E-state index < -0.39 is 11.7 Å². The van der Waals surface area contributed by atoms with Gasteiger partial charge in [-0.3, -0.25) is 0 Å². The molecule has 1 saturated carbocycles. The van der Waals surface area contributed by atoms with Crippen LogP contribution in [-0.2, 0) is 15.4 Å². The molecule has 45 heavy (non-hydrogen) atoms. The van der Waals surface area contributed by atoms with E-state index in [-0.39, 0.29) is 23.2 Å². The molecular formula is C35H32F2N6O2. The molecule has 1 spiro atoms. The van der Waals surface area contributed by atoms with Crippen LogP contribution in [0, 0.1) is 5.92 Å². The van der Waals surface area contributed by atoms with Gasteiger partial charge in [-0.1, -0.05) is 30.3 Å². The number of benzene rings is 3. The third kappa shape index (κ3) is 3.95. The van der Waals surface area contributed by atoms with Crippen molar-refractivity contribution in [2.75, 3.05) is 19.8 Å². The Morgan fingerprint density at radius 1 is 0.822 bits per heavy atom. The van der Waals surface area contributed by atoms with Crippen molar-refractivity contribution in [3.8, 4) is 33.5 Å². The first-order valence-electron chi connectivity index (χ1n) is 15.9. The lowest BCUT2D eigenvalue weighted by Crippen LogP contribution is -2.32. The Bertz CT molecular complexity index is 2000. The van der Waals surface area contributed by atoms with Crippen molar-refractivity contribution in [2.24, 2.45) is 5.92 Å². The second-order valence-electron chi connectivity index (χ2n) is 13.3. The predicted molar refractivity (Wildman–Crippen MR) is 165 cm³/mol. The second kappa shape index (κ2) is 9.29. The topological polar surface area (TPSA) is 99.9 Å². The van der Waals surface area contributed by atoms with Gasteiger partial charge in [-0.25, -0.2) is 9.97 Å². The van der Waals surface area contributed by atoms with Gasteiger partial charge in [0.25, 0.3) is 5.92 Å². The highest BCUT2D eigenvalue weighted by Crippen LogP contribution is 2.53. The Morgan fingerprint density at radius 3 is 2.36 bits per heavy atom. The van der Waals surface area contributed by atoms with Crippen LogP contribution in [0.4, 0.5) is 8.78 Å². The monoisotopic (exact) mass is 606 g/mol. The van der Waals surface area contributed by atoms with Crippen molar-refractivity contribution >= 4 is 11.0 Å². The van der Waals surface area contributed by atoms with Gasteiger partial charge < -0.3 is 30.1 Å². The van der Waals surface area contributed by atoms with Gasteiger partial charge in [-0.05, 0) is 71.7 Å². The molecule has 5 heterocycles. The number of aromatic nitrogens is 4. The number of aromatic amines is 2. The second-order valence-corrected chi connectivity index (χ2v) is 13.3. The van der Waals surface area contributed by atoms with E-state index in [0.717, 1.165) is 33.8 Å². The Morgan fingerprint density at radius 2 is 1.58 bits per heavy atom. The zero-order chi connectivity index (χ0) is 29.9. The zero-order valence-electron chi connectivity index (χ0n) is 24.5. The maximum absolute atomic E-state index is 16.2. The van der Waals surface area contributed by atoms with Crippen molar-refractivity contribution in [2.45, 2.75) is 55.5 Å². The summed E-state index contributed by atoms with van der Waals surface area (Å²) in [7, 11) is 0. The number of fused-ring (bicyclic) bond motifs is 6. The minimum atomic E-state index is -3.13. The van der Waals surface area contributed by atoms with E-state index in [2.05, 4.69) is 25.6 Å². The lowest BCUT2D eigenvalue weighted by Gasteiger charge is -2.20. The fraction of sp³-hybridized carbons (Fsp3) is 0.371. The Kier molecular flexibility index (Phi) is 5.43. The fourth-order valence-corrected chi connectivity index (χ4v) is 8.39. The predicted octanol–water partition coefficient (Wildman–Crippen LogP) is 6.33. The quantitative estimate of drug-likeness (QED) is 0.191. The van der Waals surface area contributed by atoms with Gasteiger partial charge in [0, 0.05) is 29.2 Å². The summed E-state index contributed by atoms with van der Waals surface area (Å²) in [5.74, 6) is -1.38. The number of ether oxygens (including phenoxy) is 2. The van der Waals surface area contributed by atoms with Crippen LogP contribution in [0.25, 0.3) is 44.5 Å². The summed E-state index contributed by atoms with van der Waals surface area (Å²) in [5, 5.41) is 7.12. The molecule has 10 heteroatoms. The van der Waals surface area contributed by atoms with E-state index >= 15 is 8.78 Å². The standard InChI is InChI=1S/C35H32F2N6O2/c36-35(37)25-12-18(19-4-8-27-28(14-19)42-33(41-27)31-21-1-5-22(11-21)40-31)2-6-23(25)24-7-3-20(13-26(24)35)30-16-38-32(43-30)29-15-34(17-39-29)44-9-10-45-34/h2-4,6-8,12-14,16,21-22,29,31,39-40H,1,5,9-11,15,17H2,(H,38,43)(H,41,42)/t21-,22+,29?,31-/m0/s1. The van der Waals surface area contributed by atoms with Crippen molar-refractivity contribution in [3.05, 3.63) is 83.6 Å². The van der Waals surface area contributed by atoms with Crippen LogP contribution in [-0.4, -0.2) is 51.5 Å². The van der Waals surface area contributed by atoms with Crippen molar-refractivity contribution in [1.29, 1.82) is 0 Å². The lowest BCUT2D eigenvalue weighted by molar-refractivity contribution is -0.141. The van der Waals surface area contributed by atoms with Gasteiger partial charge in [-0.2, -0.15) is 8.78 Å². The molecule has 3 aromatic carbocycles. The highest BCUT2D eigenvalue weighted by atomic mass is 19.3. The Labute approximate surface area is 258 Å². The third-order valence-electron chi connectivity index (χ3n) is 10.7. The fourth-order valence-electron chi connectivity index (χ4n) is 8.39. The number of halogens is 2. The molecule has 3 saturated heterocycles. The average molecular weight is 607 g/mol. The van der Waals surface area contributed by atoms with Gasteiger partial charge in [0.1, 0.15) is 11.6 Å². The molecule has 2 aromatic heterocycles. The smallest absolute Gasteiger partial charge is 0.299 e. The summed E-state index contributed by atoms with van der Waals surface area (Å²) in [4.78, 5) is 16.3. The molecule has 4 fully saturated rings. The van der Waals surface area contributed by atoms with Gasteiger partial charge in [0.15, 0.2) is 5.79 Å². The number of alkyl halides is 2. The minimum Gasteiger partial charge on any atom is -0.346 e. The number of hydrogen-bond donors (Lipinski definition) is 4. The largest absolute Gasteiger partial charge is 0.346 e. The Hall–Kier alpha value is -3.96. The van der Waals surface area contributed by atoms with Crippen LogP contribution in [0.15, 0.2) is 60.8 Å². The molecule has 10 rings (SSSR count). The first-order chi connectivity index (χ1) is 21.9. The SMILES string of the molecule is FC1(F)c2cc(-c3ccc4nc([C@H]5N[C@@H]6CC[C@H]5C6)[nH]c4c3)ccc2-c2ccc(-c3cnc(C4CC5(CN4)OCCO5)[nH]3)cc21. The summed E-state index contributed by atoms with van der Waals surface area (Å²) in [6, 6.07) is 17.5. The molecule has 0 amide bonds. The molecule has 5 aromatic rings. The highest BCUT2D eigenvalue weighted by molar-refractivity contribution is 5.86. The van der Waals surface area contributed by atoms with E-state index in [1.807, 2.05) is 36.4 Å². The van der Waals surface area contributed by atoms with E-state index in [4.69, 9.17) is 14.5 Å². The summed E-state index contributed by atoms with van der Waals surface area (Å²) >= 11 is 0. The van der Waals surface area contributed by atoms with Crippen molar-refractivity contribution < 1.29 is 18.3 Å². The van der Waals surface area contributed by atoms with Gasteiger partial charge in [-0.15, -0.1) is 0 Å². The van der Waals surface area contributed by atoms with Crippen molar-refractivity contribution in [3.63, 3.8) is 0 Å². The summed E-state index contributed by atoms with van der Waals surface area (Å²) in [6.07, 6.45) is 6.06. The van der Waals surface area contributed by atoms with Gasteiger partial charge in [0.2, 0.25) is 0 Å². The lowest BCUT2D eigenvalue weighted by atomic mass is 9.98. The van der Waals surface area contributed by atoms with Crippen LogP contribution in [0.5, 0.6) is 0 Å². The van der Waals surface area contributed by atoms with E-state index in [1.54, 1.807) is 24.4 Å². The van der Waals surface area contributed by atoms with Gasteiger partial charge >= 0.3 is 0 Å². The molecule has 2 bridgehead atoms. The van der Waals surface area contributed by atoms with E-state index in [1.165, 1.54) is 19.3 Å². The molecule has 3 aliphatic heterocycles. The van der Waals surface area contributed by atoms with Gasteiger partial charge in [0.05, 0.1) is 54.8 Å². The Balaban J connectivity index is 0.936. The molecule has 1 unspecified atom stereocenters. The molecule has 4 N–H and O–H groups in total. The van der Waals surface area contributed by atoms with Crippen LogP contribution in [0.3, 0.4) is 0 Å². The number of piperidine rings is 1. The third-order valence-corrected chi connectivity index (χ3v) is 10.7. The maximum atomic E-state index is 16.2. The molecule has 2 aliphatic carbocycles. The molecule has 5 aliphatic rings. The number of H-pyrrole nitrogens is 2. The first-order valence-corrected chi connectivity index (χ1v) is 15.9. The molecule has 0 radical (unpaired) electrons. The molecule has 4 atom stereocenters. The zero-order valence-corrected chi connectivity index (χ0v) is 24.5. The van der Waals surface area contributed by atoms with Crippen LogP contribution in [0.2, 0.25) is 0 Å². The number of hydrogen-bond acceptors (Lipinski definition) is 6. The van der Waals surface area contributed by atoms with E-state index in [0.29, 0.717) is 60.5 Å². The van der Waals surface area contributed by atoms with Crippen LogP contribution >= 0.6 is 0 Å². The normalized spacial score (nSPS) is 27.2. The number of imidazole rings is 2. The average Bonchev–Trinajstić information content (AvgIpc) is 3.91. The number of nitrogens with zero attached hydrogens (tertiary/aromatic N) is 2. The number of nitrogens with one attached hydrogen (secondary N) is 4. The highest BCUT2D eigenvalue weighted by Gasteiger charge is 2.46. The number of rotatable bonds is 4. The summed E-state index contributed by atoms with van der Waals surface area (Å²) in [6.45, 7) is 1.77. The molecule has 228 valence electrons. The van der Waals surface area contributed by atoms with Crippen molar-refractivity contribution in [1.82, 2.24) is 30.6 Å². The minimum absolute atomic E-state index is 0.0148. The van der Waals surface area contributed by atoms with Crippen LogP contribution < -0.4 is 10.6 Å². The molecule has 8 nitrogen and oxygen atoms in total. The first kappa shape index (κ1) is 26.3.